The van der Waals surface area contributed by atoms with Crippen LogP contribution in [0.4, 0.5) is 0 Å². The third kappa shape index (κ3) is 2.13. The third-order valence-corrected chi connectivity index (χ3v) is 7.01. The van der Waals surface area contributed by atoms with Crippen LogP contribution in [0.1, 0.15) is 49.8 Å². The summed E-state index contributed by atoms with van der Waals surface area (Å²) in [5.74, 6) is 3.50. The lowest BCUT2D eigenvalue weighted by Crippen LogP contribution is -2.47. The first kappa shape index (κ1) is 14.8. The Morgan fingerprint density at radius 1 is 1.25 bits per heavy atom. The zero-order valence-corrected chi connectivity index (χ0v) is 14.8. The third-order valence-electron chi connectivity index (χ3n) is 7.01. The van der Waals surface area contributed by atoms with Crippen molar-refractivity contribution in [2.75, 3.05) is 20.2 Å². The first-order valence-electron chi connectivity index (χ1n) is 9.69. The van der Waals surface area contributed by atoms with Gasteiger partial charge in [0.05, 0.1) is 7.11 Å². The maximum atomic E-state index is 5.47. The van der Waals surface area contributed by atoms with Crippen molar-refractivity contribution in [2.24, 2.45) is 11.8 Å². The highest BCUT2D eigenvalue weighted by Gasteiger charge is 2.43. The minimum absolute atomic E-state index is 0.718. The van der Waals surface area contributed by atoms with E-state index < -0.39 is 0 Å². The molecule has 3 nitrogen and oxygen atoms in total. The zero-order valence-electron chi connectivity index (χ0n) is 14.8. The molecule has 3 fully saturated rings. The van der Waals surface area contributed by atoms with Crippen molar-refractivity contribution in [3.8, 4) is 5.75 Å². The van der Waals surface area contributed by atoms with E-state index in [0.717, 1.165) is 29.5 Å². The fraction of sp³-hybridized carbons (Fsp3) is 0.619. The highest BCUT2D eigenvalue weighted by molar-refractivity contribution is 5.86. The van der Waals surface area contributed by atoms with Gasteiger partial charge in [0.1, 0.15) is 5.75 Å². The van der Waals surface area contributed by atoms with Gasteiger partial charge in [0.15, 0.2) is 0 Å². The van der Waals surface area contributed by atoms with E-state index in [2.05, 4.69) is 35.0 Å². The van der Waals surface area contributed by atoms with E-state index in [9.17, 15) is 0 Å². The number of ether oxygens (including phenoxy) is 1. The normalized spacial score (nSPS) is 34.7. The van der Waals surface area contributed by atoms with Crippen LogP contribution in [-0.2, 0) is 6.42 Å². The molecule has 1 N–H and O–H groups in total. The largest absolute Gasteiger partial charge is 0.497 e. The second-order valence-corrected chi connectivity index (χ2v) is 8.18. The minimum atomic E-state index is 0.718. The lowest BCUT2D eigenvalue weighted by Gasteiger charge is -2.42. The van der Waals surface area contributed by atoms with E-state index in [-0.39, 0.29) is 0 Å². The smallest absolute Gasteiger partial charge is 0.119 e. The van der Waals surface area contributed by atoms with E-state index in [1.54, 1.807) is 18.4 Å². The van der Waals surface area contributed by atoms with Gasteiger partial charge in [0.2, 0.25) is 0 Å². The number of hydrogen-bond donors (Lipinski definition) is 1. The van der Waals surface area contributed by atoms with Gasteiger partial charge >= 0.3 is 0 Å². The van der Waals surface area contributed by atoms with Crippen LogP contribution in [0.2, 0.25) is 0 Å². The van der Waals surface area contributed by atoms with E-state index in [1.165, 1.54) is 56.1 Å². The predicted octanol–water partition coefficient (Wildman–Crippen LogP) is 4.33. The lowest BCUT2D eigenvalue weighted by atomic mass is 9.82. The lowest BCUT2D eigenvalue weighted by molar-refractivity contribution is 0.0683. The number of nitrogens with one attached hydrogen (secondary N) is 1. The standard InChI is InChI=1S/C21H28N2O/c1-3-14-8-13-9-15-10-20(14)23(12-13)7-6-17-18-11-16(24-2)4-5-19(18)22-21(15)17/h4-5,11,13-15,20,22H,3,6-10,12H2,1-2H3/t13-,14-,15+,20?/m0/s1. The average Bonchev–Trinajstić information content (AvgIpc) is 2.75. The highest BCUT2D eigenvalue weighted by atomic mass is 16.5. The van der Waals surface area contributed by atoms with Crippen LogP contribution in [0, 0.1) is 11.8 Å². The van der Waals surface area contributed by atoms with Gasteiger partial charge in [-0.3, -0.25) is 4.90 Å². The number of hydrogen-bond acceptors (Lipinski definition) is 2. The molecule has 2 unspecified atom stereocenters. The molecule has 1 saturated carbocycles. The van der Waals surface area contributed by atoms with Gasteiger partial charge in [-0.15, -0.1) is 0 Å². The van der Waals surface area contributed by atoms with Crippen molar-refractivity contribution in [3.05, 3.63) is 29.5 Å². The molecule has 0 spiro atoms. The maximum absolute atomic E-state index is 5.47. The molecule has 1 aromatic carbocycles. The number of piperidine rings is 1. The summed E-state index contributed by atoms with van der Waals surface area (Å²) in [7, 11) is 1.76. The molecule has 1 aromatic heterocycles. The van der Waals surface area contributed by atoms with Crippen molar-refractivity contribution in [1.29, 1.82) is 0 Å². The van der Waals surface area contributed by atoms with Gasteiger partial charge in [-0.2, -0.15) is 0 Å². The van der Waals surface area contributed by atoms with Crippen LogP contribution in [0.3, 0.4) is 0 Å². The summed E-state index contributed by atoms with van der Waals surface area (Å²) in [6.45, 7) is 4.95. The first-order chi connectivity index (χ1) is 11.8. The molecule has 0 radical (unpaired) electrons. The number of methoxy groups -OCH3 is 1. The van der Waals surface area contributed by atoms with Gasteiger partial charge in [-0.1, -0.05) is 13.3 Å². The van der Waals surface area contributed by atoms with Crippen LogP contribution >= 0.6 is 0 Å². The molecule has 128 valence electrons. The van der Waals surface area contributed by atoms with Crippen molar-refractivity contribution < 1.29 is 4.74 Å². The van der Waals surface area contributed by atoms with Crippen molar-refractivity contribution in [2.45, 2.75) is 51.0 Å². The van der Waals surface area contributed by atoms with Crippen LogP contribution in [0.5, 0.6) is 5.75 Å². The molecule has 4 bridgehead atoms. The summed E-state index contributed by atoms with van der Waals surface area (Å²) in [5.41, 5.74) is 4.40. The Morgan fingerprint density at radius 2 is 2.17 bits per heavy atom. The van der Waals surface area contributed by atoms with E-state index in [4.69, 9.17) is 4.74 Å². The fourth-order valence-corrected chi connectivity index (χ4v) is 5.91. The SMILES string of the molecule is CC[C@H]1C[C@H]2C[C@@H]3CC1N(CCc1c3[nH]c3ccc(OC)cc13)C2. The molecule has 0 amide bonds. The molecule has 4 heterocycles. The first-order valence-corrected chi connectivity index (χ1v) is 9.69. The van der Waals surface area contributed by atoms with Gasteiger partial charge in [0.25, 0.3) is 0 Å². The quantitative estimate of drug-likeness (QED) is 0.891. The second-order valence-electron chi connectivity index (χ2n) is 8.18. The Bertz CT molecular complexity index is 765. The Morgan fingerprint density at radius 3 is 3.00 bits per heavy atom. The number of rotatable bonds is 2. The van der Waals surface area contributed by atoms with Gasteiger partial charge in [0, 0.05) is 41.6 Å². The average molecular weight is 324 g/mol. The molecule has 1 aliphatic carbocycles. The Labute approximate surface area is 144 Å². The molecular weight excluding hydrogens is 296 g/mol. The summed E-state index contributed by atoms with van der Waals surface area (Å²) < 4.78 is 5.47. The van der Waals surface area contributed by atoms with Gasteiger partial charge < -0.3 is 9.72 Å². The van der Waals surface area contributed by atoms with Crippen LogP contribution < -0.4 is 4.74 Å². The Hall–Kier alpha value is -1.48. The van der Waals surface area contributed by atoms with Gasteiger partial charge in [-0.25, -0.2) is 0 Å². The maximum Gasteiger partial charge on any atom is 0.119 e. The Kier molecular flexibility index (Phi) is 3.41. The van der Waals surface area contributed by atoms with Crippen molar-refractivity contribution in [1.82, 2.24) is 9.88 Å². The second kappa shape index (κ2) is 5.52. The molecule has 3 aliphatic heterocycles. The van der Waals surface area contributed by atoms with Crippen molar-refractivity contribution >= 4 is 10.9 Å². The molecular formula is C21H28N2O. The van der Waals surface area contributed by atoms with Gasteiger partial charge in [-0.05, 0) is 61.3 Å². The summed E-state index contributed by atoms with van der Waals surface area (Å²) in [4.78, 5) is 6.65. The topological polar surface area (TPSA) is 28.3 Å². The molecule has 2 aromatic rings. The van der Waals surface area contributed by atoms with E-state index in [1.807, 2.05) is 0 Å². The van der Waals surface area contributed by atoms with Crippen molar-refractivity contribution in [3.63, 3.8) is 0 Å². The van der Waals surface area contributed by atoms with Crippen LogP contribution in [-0.4, -0.2) is 36.1 Å². The zero-order chi connectivity index (χ0) is 16.3. The number of aromatic amines is 1. The summed E-state index contributed by atoms with van der Waals surface area (Å²) >= 11 is 0. The summed E-state index contributed by atoms with van der Waals surface area (Å²) in [5, 5.41) is 1.39. The summed E-state index contributed by atoms with van der Waals surface area (Å²) in [6, 6.07) is 7.32. The molecule has 4 aliphatic rings. The number of nitrogens with zero attached hydrogens (tertiary/aromatic N) is 1. The molecule has 6 rings (SSSR count). The van der Waals surface area contributed by atoms with Crippen LogP contribution in [0.25, 0.3) is 10.9 Å². The van der Waals surface area contributed by atoms with E-state index >= 15 is 0 Å². The number of H-pyrrole nitrogens is 1. The minimum Gasteiger partial charge on any atom is -0.497 e. The van der Waals surface area contributed by atoms with Crippen LogP contribution in [0.15, 0.2) is 18.2 Å². The van der Waals surface area contributed by atoms with E-state index in [0.29, 0.717) is 0 Å². The molecule has 2 saturated heterocycles. The molecule has 3 heteroatoms. The predicted molar refractivity (Wildman–Crippen MR) is 97.8 cm³/mol. The Balaban J connectivity index is 1.63. The molecule has 5 atom stereocenters. The number of fused-ring (bicyclic) bond motifs is 4. The number of aromatic nitrogens is 1. The fourth-order valence-electron chi connectivity index (χ4n) is 5.91. The monoisotopic (exact) mass is 324 g/mol. The number of benzene rings is 1. The summed E-state index contributed by atoms with van der Waals surface area (Å²) in [6.07, 6.45) is 6.71. The highest BCUT2D eigenvalue weighted by Crippen LogP contribution is 2.47. The molecule has 24 heavy (non-hydrogen) atoms.